The Morgan fingerprint density at radius 2 is 2.38 bits per heavy atom. The fourth-order valence-corrected chi connectivity index (χ4v) is 1.88. The SMILES string of the molecule is CCOC(=O)c1cc(F)c2c(Br)[nH]nc2c1. The number of hydrogen-bond donors (Lipinski definition) is 1. The minimum Gasteiger partial charge on any atom is -0.462 e. The molecule has 0 aliphatic rings. The Hall–Kier alpha value is -1.43. The number of ether oxygens (including phenoxy) is 1. The van der Waals surface area contributed by atoms with Crippen molar-refractivity contribution in [1.82, 2.24) is 10.2 Å². The number of nitrogens with one attached hydrogen (secondary N) is 1. The lowest BCUT2D eigenvalue weighted by Crippen LogP contribution is -2.05. The summed E-state index contributed by atoms with van der Waals surface area (Å²) in [5, 5.41) is 6.78. The Labute approximate surface area is 98.9 Å². The number of fused-ring (bicyclic) bond motifs is 1. The third-order valence-corrected chi connectivity index (χ3v) is 2.65. The lowest BCUT2D eigenvalue weighted by atomic mass is 10.1. The van der Waals surface area contributed by atoms with E-state index in [1.165, 1.54) is 6.07 Å². The number of aromatic amines is 1. The molecule has 0 spiro atoms. The van der Waals surface area contributed by atoms with Crippen LogP contribution in [0.25, 0.3) is 10.9 Å². The fraction of sp³-hybridized carbons (Fsp3) is 0.200. The van der Waals surface area contributed by atoms with Gasteiger partial charge in [0.2, 0.25) is 0 Å². The molecule has 0 atom stereocenters. The Bertz CT molecular complexity index is 553. The molecule has 1 heterocycles. The van der Waals surface area contributed by atoms with Crippen molar-refractivity contribution >= 4 is 32.8 Å². The lowest BCUT2D eigenvalue weighted by Gasteiger charge is -2.02. The monoisotopic (exact) mass is 286 g/mol. The van der Waals surface area contributed by atoms with Gasteiger partial charge in [0.1, 0.15) is 10.4 Å². The number of rotatable bonds is 2. The highest BCUT2D eigenvalue weighted by Gasteiger charge is 2.14. The fourth-order valence-electron chi connectivity index (χ4n) is 1.40. The summed E-state index contributed by atoms with van der Waals surface area (Å²) < 4.78 is 18.9. The van der Waals surface area contributed by atoms with Crippen molar-refractivity contribution in [2.45, 2.75) is 6.92 Å². The molecule has 0 aliphatic heterocycles. The second-order valence-electron chi connectivity index (χ2n) is 3.11. The molecule has 0 amide bonds. The van der Waals surface area contributed by atoms with Gasteiger partial charge in [-0.3, -0.25) is 5.10 Å². The molecule has 0 saturated carbocycles. The third kappa shape index (κ3) is 1.80. The quantitative estimate of drug-likeness (QED) is 0.864. The molecule has 1 aromatic carbocycles. The zero-order valence-corrected chi connectivity index (χ0v) is 9.97. The molecule has 0 bridgehead atoms. The predicted molar refractivity (Wildman–Crippen MR) is 59.7 cm³/mol. The molecule has 2 rings (SSSR count). The number of carbonyl (C=O) groups excluding carboxylic acids is 1. The van der Waals surface area contributed by atoms with Crippen LogP contribution >= 0.6 is 15.9 Å². The van der Waals surface area contributed by atoms with Crippen molar-refractivity contribution in [3.8, 4) is 0 Å². The van der Waals surface area contributed by atoms with Gasteiger partial charge < -0.3 is 4.74 Å². The number of esters is 1. The van der Waals surface area contributed by atoms with Crippen LogP contribution in [0.3, 0.4) is 0 Å². The van der Waals surface area contributed by atoms with Crippen LogP contribution in [0.5, 0.6) is 0 Å². The van der Waals surface area contributed by atoms with Crippen LogP contribution in [0.2, 0.25) is 0 Å². The van der Waals surface area contributed by atoms with Gasteiger partial charge >= 0.3 is 5.97 Å². The Morgan fingerprint density at radius 1 is 1.62 bits per heavy atom. The zero-order chi connectivity index (χ0) is 11.7. The highest BCUT2D eigenvalue weighted by molar-refractivity contribution is 9.10. The van der Waals surface area contributed by atoms with Gasteiger partial charge in [-0.05, 0) is 35.0 Å². The van der Waals surface area contributed by atoms with Crippen molar-refractivity contribution in [1.29, 1.82) is 0 Å². The molecule has 16 heavy (non-hydrogen) atoms. The van der Waals surface area contributed by atoms with Gasteiger partial charge in [0.15, 0.2) is 0 Å². The van der Waals surface area contributed by atoms with Crippen LogP contribution in [0.4, 0.5) is 4.39 Å². The number of H-pyrrole nitrogens is 1. The first-order chi connectivity index (χ1) is 7.63. The summed E-state index contributed by atoms with van der Waals surface area (Å²) in [6.07, 6.45) is 0. The number of halogens is 2. The molecular formula is C10H8BrFN2O2. The van der Waals surface area contributed by atoms with Gasteiger partial charge in [-0.2, -0.15) is 5.10 Å². The average Bonchev–Trinajstić information content (AvgIpc) is 2.61. The Balaban J connectivity index is 2.54. The van der Waals surface area contributed by atoms with E-state index in [0.717, 1.165) is 6.07 Å². The van der Waals surface area contributed by atoms with Crippen LogP contribution in [0, 0.1) is 5.82 Å². The van der Waals surface area contributed by atoms with Crippen molar-refractivity contribution < 1.29 is 13.9 Å². The number of carbonyl (C=O) groups is 1. The molecule has 4 nitrogen and oxygen atoms in total. The standard InChI is InChI=1S/C10H8BrFN2O2/c1-2-16-10(15)5-3-6(12)8-7(4-5)13-14-9(8)11/h3-4H,2H2,1H3,(H,13,14). The van der Waals surface area contributed by atoms with Crippen LogP contribution in [0.15, 0.2) is 16.7 Å². The highest BCUT2D eigenvalue weighted by Crippen LogP contribution is 2.25. The van der Waals surface area contributed by atoms with Gasteiger partial charge in [0, 0.05) is 0 Å². The molecular weight excluding hydrogens is 279 g/mol. The first-order valence-electron chi connectivity index (χ1n) is 4.63. The summed E-state index contributed by atoms with van der Waals surface area (Å²) in [5.74, 6) is -1.07. The van der Waals surface area contributed by atoms with Gasteiger partial charge in [-0.1, -0.05) is 0 Å². The zero-order valence-electron chi connectivity index (χ0n) is 8.38. The summed E-state index contributed by atoms with van der Waals surface area (Å²) in [7, 11) is 0. The van der Waals surface area contributed by atoms with E-state index < -0.39 is 11.8 Å². The van der Waals surface area contributed by atoms with Crippen molar-refractivity contribution in [3.05, 3.63) is 28.1 Å². The van der Waals surface area contributed by atoms with Gasteiger partial charge in [-0.25, -0.2) is 9.18 Å². The van der Waals surface area contributed by atoms with Gasteiger partial charge in [0.25, 0.3) is 0 Å². The molecule has 1 aromatic heterocycles. The summed E-state index contributed by atoms with van der Waals surface area (Å²) >= 11 is 3.14. The molecule has 6 heteroatoms. The van der Waals surface area contributed by atoms with E-state index in [9.17, 15) is 9.18 Å². The van der Waals surface area contributed by atoms with E-state index in [1.807, 2.05) is 0 Å². The number of nitrogens with zero attached hydrogens (tertiary/aromatic N) is 1. The minimum absolute atomic E-state index is 0.158. The van der Waals surface area contributed by atoms with Crippen molar-refractivity contribution in [2.24, 2.45) is 0 Å². The number of benzene rings is 1. The van der Waals surface area contributed by atoms with Crippen LogP contribution < -0.4 is 0 Å². The van der Waals surface area contributed by atoms with Crippen LogP contribution in [-0.2, 0) is 4.74 Å². The smallest absolute Gasteiger partial charge is 0.338 e. The molecule has 2 aromatic rings. The molecule has 0 unspecified atom stereocenters. The van der Waals surface area contributed by atoms with E-state index in [4.69, 9.17) is 4.74 Å². The third-order valence-electron chi connectivity index (χ3n) is 2.07. The predicted octanol–water partition coefficient (Wildman–Crippen LogP) is 2.64. The number of hydrogen-bond acceptors (Lipinski definition) is 3. The summed E-state index contributed by atoms with van der Waals surface area (Å²) in [4.78, 5) is 11.4. The topological polar surface area (TPSA) is 55.0 Å². The molecule has 0 saturated heterocycles. The molecule has 0 aliphatic carbocycles. The second-order valence-corrected chi connectivity index (χ2v) is 3.90. The summed E-state index contributed by atoms with van der Waals surface area (Å²) in [6, 6.07) is 2.62. The van der Waals surface area contributed by atoms with Gasteiger partial charge in [0.05, 0.1) is 23.1 Å². The maximum atomic E-state index is 13.6. The van der Waals surface area contributed by atoms with Gasteiger partial charge in [-0.15, -0.1) is 0 Å². The van der Waals surface area contributed by atoms with Crippen molar-refractivity contribution in [3.63, 3.8) is 0 Å². The molecule has 0 radical (unpaired) electrons. The van der Waals surface area contributed by atoms with E-state index in [-0.39, 0.29) is 12.2 Å². The maximum absolute atomic E-state index is 13.6. The van der Waals surface area contributed by atoms with E-state index in [1.54, 1.807) is 6.92 Å². The minimum atomic E-state index is -0.553. The number of aromatic nitrogens is 2. The van der Waals surface area contributed by atoms with E-state index in [0.29, 0.717) is 15.5 Å². The largest absolute Gasteiger partial charge is 0.462 e. The Morgan fingerprint density at radius 3 is 3.06 bits per heavy atom. The summed E-state index contributed by atoms with van der Waals surface area (Å²) in [6.45, 7) is 1.95. The normalized spacial score (nSPS) is 10.7. The first kappa shape index (κ1) is 11.1. The highest BCUT2D eigenvalue weighted by atomic mass is 79.9. The molecule has 0 fully saturated rings. The summed E-state index contributed by atoms with van der Waals surface area (Å²) in [5.41, 5.74) is 0.542. The second kappa shape index (κ2) is 4.21. The molecule has 1 N–H and O–H groups in total. The van der Waals surface area contributed by atoms with Crippen LogP contribution in [-0.4, -0.2) is 22.8 Å². The van der Waals surface area contributed by atoms with Crippen molar-refractivity contribution in [2.75, 3.05) is 6.61 Å². The van der Waals surface area contributed by atoms with E-state index >= 15 is 0 Å². The maximum Gasteiger partial charge on any atom is 0.338 e. The van der Waals surface area contributed by atoms with E-state index in [2.05, 4.69) is 26.1 Å². The lowest BCUT2D eigenvalue weighted by molar-refractivity contribution is 0.0526. The first-order valence-corrected chi connectivity index (χ1v) is 5.43. The molecule has 84 valence electrons. The Kier molecular flexibility index (Phi) is 2.91. The van der Waals surface area contributed by atoms with Crippen LogP contribution in [0.1, 0.15) is 17.3 Å². The average molecular weight is 287 g/mol.